The van der Waals surface area contributed by atoms with Gasteiger partial charge in [-0.1, -0.05) is 30.3 Å². The molecule has 0 unspecified atom stereocenters. The first kappa shape index (κ1) is 11.5. The van der Waals surface area contributed by atoms with Gasteiger partial charge in [0.15, 0.2) is 10.6 Å². The van der Waals surface area contributed by atoms with Gasteiger partial charge in [-0.25, -0.2) is 0 Å². The number of hydrogen-bond donors (Lipinski definition) is 2. The number of carboxylic acid groups (broad SMARTS) is 1. The molecule has 0 aliphatic rings. The largest absolute Gasteiger partial charge is 0.481 e. The molecule has 0 saturated heterocycles. The maximum absolute atomic E-state index is 10.6. The van der Waals surface area contributed by atoms with E-state index in [-0.39, 0.29) is 6.42 Å². The van der Waals surface area contributed by atoms with Crippen LogP contribution in [0.2, 0.25) is 0 Å². The third-order valence-corrected chi connectivity index (χ3v) is 2.65. The summed E-state index contributed by atoms with van der Waals surface area (Å²) in [6.07, 6.45) is 0.0215. The van der Waals surface area contributed by atoms with Crippen LogP contribution >= 0.6 is 12.2 Å². The van der Waals surface area contributed by atoms with E-state index in [9.17, 15) is 4.79 Å². The first-order chi connectivity index (χ1) is 8.18. The molecule has 2 N–H and O–H groups in total. The Kier molecular flexibility index (Phi) is 3.34. The molecule has 0 saturated carbocycles. The van der Waals surface area contributed by atoms with E-state index in [0.29, 0.717) is 17.1 Å². The predicted molar refractivity (Wildman–Crippen MR) is 65.1 cm³/mol. The van der Waals surface area contributed by atoms with Gasteiger partial charge in [-0.3, -0.25) is 14.5 Å². The van der Waals surface area contributed by atoms with Crippen LogP contribution in [0.25, 0.3) is 11.4 Å². The fourth-order valence-corrected chi connectivity index (χ4v) is 1.76. The molecule has 1 heterocycles. The van der Waals surface area contributed by atoms with E-state index in [1.54, 1.807) is 4.57 Å². The Labute approximate surface area is 103 Å². The minimum Gasteiger partial charge on any atom is -0.481 e. The molecule has 2 aromatic rings. The molecule has 2 rings (SSSR count). The van der Waals surface area contributed by atoms with E-state index in [4.69, 9.17) is 17.3 Å². The summed E-state index contributed by atoms with van der Waals surface area (Å²) in [6.45, 7) is 0.314. The Hall–Kier alpha value is -1.95. The Balaban J connectivity index is 2.36. The third kappa shape index (κ3) is 2.59. The first-order valence-electron chi connectivity index (χ1n) is 5.11. The van der Waals surface area contributed by atoms with Crippen LogP contribution in [0.4, 0.5) is 0 Å². The van der Waals surface area contributed by atoms with Crippen LogP contribution in [-0.4, -0.2) is 25.8 Å². The lowest BCUT2D eigenvalue weighted by molar-refractivity contribution is -0.137. The van der Waals surface area contributed by atoms with Gasteiger partial charge in [0, 0.05) is 12.1 Å². The third-order valence-electron chi connectivity index (χ3n) is 2.34. The Morgan fingerprint density at radius 2 is 2.12 bits per heavy atom. The second-order valence-electron chi connectivity index (χ2n) is 3.51. The maximum Gasteiger partial charge on any atom is 0.305 e. The van der Waals surface area contributed by atoms with Crippen LogP contribution in [0.5, 0.6) is 0 Å². The highest BCUT2D eigenvalue weighted by Crippen LogP contribution is 2.16. The number of H-pyrrole nitrogens is 1. The number of rotatable bonds is 4. The van der Waals surface area contributed by atoms with Gasteiger partial charge in [0.2, 0.25) is 0 Å². The van der Waals surface area contributed by atoms with E-state index in [1.807, 2.05) is 30.3 Å². The monoisotopic (exact) mass is 249 g/mol. The van der Waals surface area contributed by atoms with Crippen molar-refractivity contribution in [1.82, 2.24) is 14.8 Å². The van der Waals surface area contributed by atoms with Crippen molar-refractivity contribution in [3.63, 3.8) is 0 Å². The summed E-state index contributed by atoms with van der Waals surface area (Å²) in [6, 6.07) is 9.51. The van der Waals surface area contributed by atoms with Crippen molar-refractivity contribution >= 4 is 18.2 Å². The number of aromatic amines is 1. The summed E-state index contributed by atoms with van der Waals surface area (Å²) in [5.74, 6) is -0.191. The summed E-state index contributed by atoms with van der Waals surface area (Å²) in [5, 5.41) is 15.5. The number of hydrogen-bond acceptors (Lipinski definition) is 3. The number of carboxylic acids is 1. The zero-order valence-corrected chi connectivity index (χ0v) is 9.78. The van der Waals surface area contributed by atoms with Gasteiger partial charge in [0.1, 0.15) is 0 Å². The second-order valence-corrected chi connectivity index (χ2v) is 3.90. The standard InChI is InChI=1S/C11H11N3O2S/c15-9(16)6-7-14-10(12-13-11(14)17)8-4-2-1-3-5-8/h1-5H,6-7H2,(H,13,17)(H,15,16). The topological polar surface area (TPSA) is 70.9 Å². The Morgan fingerprint density at radius 3 is 2.76 bits per heavy atom. The van der Waals surface area contributed by atoms with Crippen molar-refractivity contribution in [2.45, 2.75) is 13.0 Å². The zero-order chi connectivity index (χ0) is 12.3. The van der Waals surface area contributed by atoms with Gasteiger partial charge in [0.05, 0.1) is 6.42 Å². The molecule has 0 aliphatic heterocycles. The minimum absolute atomic E-state index is 0.0215. The lowest BCUT2D eigenvalue weighted by Gasteiger charge is -2.04. The lowest BCUT2D eigenvalue weighted by atomic mass is 10.2. The summed E-state index contributed by atoms with van der Waals surface area (Å²) in [5.41, 5.74) is 0.908. The molecule has 1 aromatic heterocycles. The number of aliphatic carboxylic acids is 1. The molecular formula is C11H11N3O2S. The average molecular weight is 249 g/mol. The van der Waals surface area contributed by atoms with Gasteiger partial charge >= 0.3 is 5.97 Å². The van der Waals surface area contributed by atoms with E-state index in [2.05, 4.69) is 10.2 Å². The predicted octanol–water partition coefficient (Wildman–Crippen LogP) is 2.08. The molecule has 0 bridgehead atoms. The Bertz CT molecular complexity index is 574. The number of aromatic nitrogens is 3. The summed E-state index contributed by atoms with van der Waals surface area (Å²) < 4.78 is 2.13. The van der Waals surface area contributed by atoms with Gasteiger partial charge in [0.25, 0.3) is 0 Å². The smallest absolute Gasteiger partial charge is 0.305 e. The summed E-state index contributed by atoms with van der Waals surface area (Å²) in [7, 11) is 0. The molecule has 6 heteroatoms. The highest BCUT2D eigenvalue weighted by atomic mass is 32.1. The number of benzene rings is 1. The van der Waals surface area contributed by atoms with Gasteiger partial charge in [-0.15, -0.1) is 0 Å². The quantitative estimate of drug-likeness (QED) is 0.814. The van der Waals surface area contributed by atoms with Gasteiger partial charge in [-0.05, 0) is 12.2 Å². The molecule has 1 aromatic carbocycles. The zero-order valence-electron chi connectivity index (χ0n) is 8.96. The Morgan fingerprint density at radius 1 is 1.41 bits per heavy atom. The number of carbonyl (C=O) groups is 1. The summed E-state index contributed by atoms with van der Waals surface area (Å²) >= 11 is 5.08. The van der Waals surface area contributed by atoms with Crippen LogP contribution in [0.15, 0.2) is 30.3 Å². The molecular weight excluding hydrogens is 238 g/mol. The van der Waals surface area contributed by atoms with Gasteiger partial charge in [-0.2, -0.15) is 5.10 Å². The number of nitrogens with one attached hydrogen (secondary N) is 1. The van der Waals surface area contributed by atoms with E-state index in [1.165, 1.54) is 0 Å². The van der Waals surface area contributed by atoms with Crippen LogP contribution in [0.1, 0.15) is 6.42 Å². The minimum atomic E-state index is -0.855. The normalized spacial score (nSPS) is 10.4. The van der Waals surface area contributed by atoms with E-state index >= 15 is 0 Å². The summed E-state index contributed by atoms with van der Waals surface area (Å²) in [4.78, 5) is 10.6. The van der Waals surface area contributed by atoms with Crippen molar-refractivity contribution in [2.24, 2.45) is 0 Å². The van der Waals surface area contributed by atoms with Crippen molar-refractivity contribution < 1.29 is 9.90 Å². The highest BCUT2D eigenvalue weighted by molar-refractivity contribution is 7.71. The molecule has 0 radical (unpaired) electrons. The van der Waals surface area contributed by atoms with Crippen molar-refractivity contribution in [2.75, 3.05) is 0 Å². The molecule has 0 amide bonds. The second kappa shape index (κ2) is 4.92. The van der Waals surface area contributed by atoms with Gasteiger partial charge < -0.3 is 5.11 Å². The van der Waals surface area contributed by atoms with Crippen LogP contribution < -0.4 is 0 Å². The molecule has 17 heavy (non-hydrogen) atoms. The van der Waals surface area contributed by atoms with E-state index in [0.717, 1.165) is 5.56 Å². The molecule has 0 aliphatic carbocycles. The van der Waals surface area contributed by atoms with Crippen LogP contribution in [0, 0.1) is 4.77 Å². The van der Waals surface area contributed by atoms with Crippen molar-refractivity contribution in [1.29, 1.82) is 0 Å². The molecule has 5 nitrogen and oxygen atoms in total. The SMILES string of the molecule is O=C(O)CCn1c(-c2ccccc2)n[nH]c1=S. The molecule has 0 spiro atoms. The first-order valence-corrected chi connectivity index (χ1v) is 5.51. The fourth-order valence-electron chi connectivity index (χ4n) is 1.54. The highest BCUT2D eigenvalue weighted by Gasteiger charge is 2.09. The average Bonchev–Trinajstić information content (AvgIpc) is 2.69. The lowest BCUT2D eigenvalue weighted by Crippen LogP contribution is -2.06. The number of nitrogens with zero attached hydrogens (tertiary/aromatic N) is 2. The fraction of sp³-hybridized carbons (Fsp3) is 0.182. The van der Waals surface area contributed by atoms with Crippen molar-refractivity contribution in [3.8, 4) is 11.4 Å². The van der Waals surface area contributed by atoms with Crippen LogP contribution in [0.3, 0.4) is 0 Å². The van der Waals surface area contributed by atoms with Crippen LogP contribution in [-0.2, 0) is 11.3 Å². The molecule has 0 atom stereocenters. The maximum atomic E-state index is 10.6. The van der Waals surface area contributed by atoms with Crippen molar-refractivity contribution in [3.05, 3.63) is 35.1 Å². The van der Waals surface area contributed by atoms with E-state index < -0.39 is 5.97 Å². The molecule has 0 fully saturated rings. The molecule has 88 valence electrons.